The predicted octanol–water partition coefficient (Wildman–Crippen LogP) is 23.4. The van der Waals surface area contributed by atoms with Gasteiger partial charge in [0.25, 0.3) is 0 Å². The van der Waals surface area contributed by atoms with E-state index in [0.717, 1.165) is 113 Å². The van der Waals surface area contributed by atoms with Crippen LogP contribution in [0, 0.1) is 23.7 Å². The van der Waals surface area contributed by atoms with Crippen molar-refractivity contribution in [1.29, 1.82) is 0 Å². The fraction of sp³-hybridized carbons (Fsp3) is 0.310. The fourth-order valence-corrected chi connectivity index (χ4v) is 25.2. The van der Waals surface area contributed by atoms with Gasteiger partial charge in [0.2, 0.25) is 40.1 Å². The molecule has 140 heavy (non-hydrogen) atoms. The molecular formula is C116H140N4O16S4. The first-order valence-electron chi connectivity index (χ1n) is 47.1. The van der Waals surface area contributed by atoms with E-state index in [9.17, 15) is 33.7 Å². The Kier molecular flexibility index (Phi) is 45.1. The van der Waals surface area contributed by atoms with Crippen molar-refractivity contribution in [3.63, 3.8) is 0 Å². The smallest absolute Gasteiger partial charge is 0.218 e. The lowest BCUT2D eigenvalue weighted by Crippen LogP contribution is -2.42. The van der Waals surface area contributed by atoms with Gasteiger partial charge in [0.1, 0.15) is 46.0 Å². The monoisotopic (exact) mass is 1970 g/mol. The van der Waals surface area contributed by atoms with E-state index in [1.807, 2.05) is 343 Å². The summed E-state index contributed by atoms with van der Waals surface area (Å²) in [5.41, 5.74) is 11.2. The molecule has 0 radical (unpaired) electrons. The predicted molar refractivity (Wildman–Crippen MR) is 568 cm³/mol. The number of rotatable bonds is 52. The summed E-state index contributed by atoms with van der Waals surface area (Å²) in [4.78, 5) is 0. The third kappa shape index (κ3) is 34.0. The van der Waals surface area contributed by atoms with Gasteiger partial charge in [0, 0.05) is 52.4 Å². The molecule has 0 N–H and O–H groups in total. The van der Waals surface area contributed by atoms with Gasteiger partial charge < -0.3 is 37.9 Å². The van der Waals surface area contributed by atoms with E-state index in [0.29, 0.717) is 51.4 Å². The molecule has 0 amide bonds. The third-order valence-electron chi connectivity index (χ3n) is 24.9. The van der Waals surface area contributed by atoms with Gasteiger partial charge >= 0.3 is 0 Å². The van der Waals surface area contributed by atoms with E-state index in [1.54, 1.807) is 98.4 Å². The molecule has 12 rings (SSSR count). The Morgan fingerprint density at radius 3 is 0.429 bits per heavy atom. The van der Waals surface area contributed by atoms with Gasteiger partial charge in [-0.15, -0.1) is 26.3 Å². The summed E-state index contributed by atoms with van der Waals surface area (Å²) in [6, 6.07) is 99.5. The second kappa shape index (κ2) is 56.8. The number of methoxy groups -OCH3 is 8. The summed E-state index contributed by atoms with van der Waals surface area (Å²) >= 11 is 0. The molecule has 8 atom stereocenters. The first-order valence-corrected chi connectivity index (χ1v) is 53.1. The van der Waals surface area contributed by atoms with Crippen molar-refractivity contribution in [2.24, 2.45) is 23.7 Å². The SMILES string of the molecule is C=CC[C@@H](C)C(Cc1ccccc1)S(=O)(=O)N(Cc1ccc(OC)cc1)Cc1ccc(OC)cc1.C=CC[C@@H](C)C(Cc1ccccc1)S(=O)(=O)N(Cc1ccc(OC)cc1)Cc1ccc(OC)cc1.C=CC[C@H](C)C(Cc1ccccc1)S(=O)(=O)N(Cc1ccc(OC)cc1)Cc1ccc(OC)cc1.C=CC[C@H](C)C(Cc1ccccc1)S(=O)(=O)N(Cc1ccc(OC)cc1)Cc1ccc(OC)cc1. The zero-order valence-electron chi connectivity index (χ0n) is 83.0. The molecule has 20 nitrogen and oxygen atoms in total. The molecule has 0 aromatic heterocycles. The fourth-order valence-electron chi connectivity index (χ4n) is 16.6. The van der Waals surface area contributed by atoms with Crippen molar-refractivity contribution < 1.29 is 71.6 Å². The topological polar surface area (TPSA) is 223 Å². The highest BCUT2D eigenvalue weighted by molar-refractivity contribution is 7.90. The number of nitrogens with zero attached hydrogens (tertiary/aromatic N) is 4. The number of allylic oxidation sites excluding steroid dienone is 4. The van der Waals surface area contributed by atoms with E-state index >= 15 is 0 Å². The lowest BCUT2D eigenvalue weighted by Gasteiger charge is -2.31. The number of sulfonamides is 4. The van der Waals surface area contributed by atoms with Gasteiger partial charge in [-0.1, -0.05) is 270 Å². The Morgan fingerprint density at radius 2 is 0.321 bits per heavy atom. The largest absolute Gasteiger partial charge is 0.497 e. The Bertz CT molecular complexity index is 5200. The van der Waals surface area contributed by atoms with Crippen LogP contribution in [0.2, 0.25) is 0 Å². The lowest BCUT2D eigenvalue weighted by molar-refractivity contribution is 0.376. The van der Waals surface area contributed by atoms with Gasteiger partial charge in [0.15, 0.2) is 0 Å². The van der Waals surface area contributed by atoms with Crippen LogP contribution in [0.3, 0.4) is 0 Å². The maximum absolute atomic E-state index is 14.2. The molecule has 0 saturated carbocycles. The number of hydrogen-bond acceptors (Lipinski definition) is 16. The van der Waals surface area contributed by atoms with Crippen molar-refractivity contribution in [1.82, 2.24) is 17.2 Å². The summed E-state index contributed by atoms with van der Waals surface area (Å²) in [7, 11) is -1.82. The summed E-state index contributed by atoms with van der Waals surface area (Å²) in [6.07, 6.45) is 11.5. The Balaban J connectivity index is 0.000000209. The van der Waals surface area contributed by atoms with Crippen molar-refractivity contribution >= 4 is 40.1 Å². The van der Waals surface area contributed by atoms with Crippen LogP contribution in [0.4, 0.5) is 0 Å². The molecule has 24 heteroatoms. The molecule has 744 valence electrons. The summed E-state index contributed by atoms with van der Waals surface area (Å²) in [6.45, 7) is 25.5. The summed E-state index contributed by atoms with van der Waals surface area (Å²) < 4.78 is 163. The van der Waals surface area contributed by atoms with Gasteiger partial charge in [-0.05, 0) is 239 Å². The molecule has 0 fully saturated rings. The third-order valence-corrected chi connectivity index (χ3v) is 34.4. The maximum Gasteiger partial charge on any atom is 0.218 e. The minimum atomic E-state index is -3.69. The standard InChI is InChI=1S/4C29H35NO4S/c4*1-5-9-23(2)29(20-24-10-7-6-8-11-24)35(31,32)30(21-25-12-16-27(33-3)17-13-25)22-26-14-18-28(34-4)19-15-26/h4*5-8,10-19,23,29H,1,9,20-22H2,2-4H3/t4*23-,29?/m1100/s1. The highest BCUT2D eigenvalue weighted by atomic mass is 32.2. The van der Waals surface area contributed by atoms with E-state index in [-0.39, 0.29) is 76.0 Å². The lowest BCUT2D eigenvalue weighted by atomic mass is 9.98. The Labute approximate surface area is 834 Å². The molecule has 4 unspecified atom stereocenters. The normalized spacial score (nSPS) is 13.3. The molecule has 0 aliphatic rings. The van der Waals surface area contributed by atoms with Crippen LogP contribution in [0.5, 0.6) is 46.0 Å². The maximum atomic E-state index is 14.2. The minimum Gasteiger partial charge on any atom is -0.497 e. The zero-order valence-corrected chi connectivity index (χ0v) is 86.3. The van der Waals surface area contributed by atoms with Crippen LogP contribution in [0.25, 0.3) is 0 Å². The van der Waals surface area contributed by atoms with Crippen molar-refractivity contribution in [3.8, 4) is 46.0 Å². The highest BCUT2D eigenvalue weighted by Crippen LogP contribution is 2.35. The van der Waals surface area contributed by atoms with Crippen molar-refractivity contribution in [3.05, 3.63) is 433 Å². The molecule has 0 spiro atoms. The van der Waals surface area contributed by atoms with Crippen LogP contribution in [0.15, 0.2) is 366 Å². The first-order chi connectivity index (χ1) is 67.5. The quantitative estimate of drug-likeness (QED) is 0.0323. The number of ether oxygens (including phenoxy) is 8. The van der Waals surface area contributed by atoms with Crippen LogP contribution >= 0.6 is 0 Å². The molecule has 0 heterocycles. The summed E-state index contributed by atoms with van der Waals surface area (Å²) in [5, 5.41) is -2.34. The second-order valence-corrected chi connectivity index (χ2v) is 43.6. The van der Waals surface area contributed by atoms with Gasteiger partial charge in [0.05, 0.1) is 77.9 Å². The molecule has 0 aliphatic carbocycles. The average Bonchev–Trinajstić information content (AvgIpc) is 0.804. The molecule has 0 aliphatic heterocycles. The van der Waals surface area contributed by atoms with Gasteiger partial charge in [-0.2, -0.15) is 17.2 Å². The van der Waals surface area contributed by atoms with Crippen LogP contribution in [-0.4, -0.2) is 129 Å². The highest BCUT2D eigenvalue weighted by Gasteiger charge is 2.41. The molecule has 12 aromatic carbocycles. The molecule has 12 aromatic rings. The average molecular weight is 1970 g/mol. The number of hydrogen-bond donors (Lipinski definition) is 0. The second-order valence-electron chi connectivity index (χ2n) is 35.0. The van der Waals surface area contributed by atoms with E-state index in [1.165, 1.54) is 0 Å². The Morgan fingerprint density at radius 1 is 0.200 bits per heavy atom. The van der Waals surface area contributed by atoms with Gasteiger partial charge in [-0.3, -0.25) is 0 Å². The summed E-state index contributed by atoms with van der Waals surface area (Å²) in [5.74, 6) is 5.52. The Hall–Kier alpha value is -12.4. The van der Waals surface area contributed by atoms with Crippen LogP contribution in [-0.2, 0) is 118 Å². The number of benzene rings is 12. The van der Waals surface area contributed by atoms with Crippen molar-refractivity contribution in [2.75, 3.05) is 56.9 Å². The van der Waals surface area contributed by atoms with Crippen LogP contribution < -0.4 is 37.9 Å². The molecule has 0 saturated heterocycles. The van der Waals surface area contributed by atoms with Crippen molar-refractivity contribution in [2.45, 2.75) is 152 Å². The van der Waals surface area contributed by atoms with Crippen LogP contribution in [0.1, 0.15) is 120 Å². The molecular weight excluding hydrogens is 1830 g/mol. The van der Waals surface area contributed by atoms with E-state index < -0.39 is 61.1 Å². The van der Waals surface area contributed by atoms with E-state index in [4.69, 9.17) is 37.9 Å². The van der Waals surface area contributed by atoms with E-state index in [2.05, 4.69) is 26.3 Å². The molecule has 0 bridgehead atoms. The minimum absolute atomic E-state index is 0.0908. The van der Waals surface area contributed by atoms with Gasteiger partial charge in [-0.25, -0.2) is 33.7 Å². The first kappa shape index (κ1) is 111. The zero-order chi connectivity index (χ0) is 101.